The summed E-state index contributed by atoms with van der Waals surface area (Å²) >= 11 is 0. The van der Waals surface area contributed by atoms with Gasteiger partial charge < -0.3 is 15.3 Å². The third kappa shape index (κ3) is 5.24. The van der Waals surface area contributed by atoms with Crippen LogP contribution in [0.5, 0.6) is 0 Å². The van der Waals surface area contributed by atoms with E-state index in [1.807, 2.05) is 13.8 Å². The maximum atomic E-state index is 11.5. The van der Waals surface area contributed by atoms with Gasteiger partial charge in [-0.1, -0.05) is 20.8 Å². The molecule has 0 aliphatic rings. The molecule has 0 aromatic carbocycles. The van der Waals surface area contributed by atoms with E-state index in [4.69, 9.17) is 5.11 Å². The van der Waals surface area contributed by atoms with Gasteiger partial charge in [0, 0.05) is 13.6 Å². The van der Waals surface area contributed by atoms with Gasteiger partial charge in [-0.05, 0) is 12.3 Å². The minimum atomic E-state index is -0.996. The molecule has 0 unspecified atom stereocenters. The summed E-state index contributed by atoms with van der Waals surface area (Å²) in [4.78, 5) is 23.7. The number of carboxylic acids is 1. The number of urea groups is 1. The molecule has 5 nitrogen and oxygen atoms in total. The Morgan fingerprint density at radius 1 is 1.40 bits per heavy atom. The third-order valence-corrected chi connectivity index (χ3v) is 1.99. The largest absolute Gasteiger partial charge is 0.480 e. The van der Waals surface area contributed by atoms with Crippen molar-refractivity contribution in [3.63, 3.8) is 0 Å². The SMILES string of the molecule is CC[C@H](NC(=O)N(C)CC(C)C)C(=O)O. The normalized spacial score (nSPS) is 12.3. The Morgan fingerprint density at radius 2 is 1.93 bits per heavy atom. The highest BCUT2D eigenvalue weighted by Gasteiger charge is 2.19. The van der Waals surface area contributed by atoms with Gasteiger partial charge in [-0.15, -0.1) is 0 Å². The fourth-order valence-corrected chi connectivity index (χ4v) is 1.23. The molecule has 0 aliphatic carbocycles. The molecule has 15 heavy (non-hydrogen) atoms. The minimum Gasteiger partial charge on any atom is -0.480 e. The fraction of sp³-hybridized carbons (Fsp3) is 0.800. The smallest absolute Gasteiger partial charge is 0.326 e. The molecule has 0 aromatic heterocycles. The zero-order chi connectivity index (χ0) is 12.0. The number of rotatable bonds is 5. The van der Waals surface area contributed by atoms with E-state index in [-0.39, 0.29) is 6.03 Å². The molecule has 88 valence electrons. The molecular weight excluding hydrogens is 196 g/mol. The predicted molar refractivity (Wildman–Crippen MR) is 57.7 cm³/mol. The lowest BCUT2D eigenvalue weighted by Crippen LogP contribution is -2.47. The van der Waals surface area contributed by atoms with Crippen molar-refractivity contribution < 1.29 is 14.7 Å². The van der Waals surface area contributed by atoms with E-state index in [0.717, 1.165) is 0 Å². The summed E-state index contributed by atoms with van der Waals surface area (Å²) in [5.41, 5.74) is 0. The number of nitrogens with zero attached hydrogens (tertiary/aromatic N) is 1. The summed E-state index contributed by atoms with van der Waals surface area (Å²) in [6.45, 7) is 6.33. The van der Waals surface area contributed by atoms with E-state index in [1.165, 1.54) is 4.90 Å². The maximum absolute atomic E-state index is 11.5. The summed E-state index contributed by atoms with van der Waals surface area (Å²) in [5, 5.41) is 11.2. The molecule has 5 heteroatoms. The highest BCUT2D eigenvalue weighted by molar-refractivity contribution is 5.82. The Balaban J connectivity index is 4.16. The van der Waals surface area contributed by atoms with Crippen molar-refractivity contribution in [2.24, 2.45) is 5.92 Å². The van der Waals surface area contributed by atoms with Crippen LogP contribution in [-0.2, 0) is 4.79 Å². The highest BCUT2D eigenvalue weighted by Crippen LogP contribution is 1.98. The van der Waals surface area contributed by atoms with Gasteiger partial charge in [0.05, 0.1) is 0 Å². The average molecular weight is 216 g/mol. The van der Waals surface area contributed by atoms with E-state index in [1.54, 1.807) is 14.0 Å². The molecule has 0 aliphatic heterocycles. The van der Waals surface area contributed by atoms with E-state index >= 15 is 0 Å². The van der Waals surface area contributed by atoms with Crippen LogP contribution in [-0.4, -0.2) is 41.6 Å². The monoisotopic (exact) mass is 216 g/mol. The number of hydrogen-bond acceptors (Lipinski definition) is 2. The zero-order valence-electron chi connectivity index (χ0n) is 9.78. The van der Waals surface area contributed by atoms with Crippen molar-refractivity contribution in [1.29, 1.82) is 0 Å². The molecular formula is C10H20N2O3. The van der Waals surface area contributed by atoms with Crippen molar-refractivity contribution >= 4 is 12.0 Å². The lowest BCUT2D eigenvalue weighted by Gasteiger charge is -2.22. The topological polar surface area (TPSA) is 69.6 Å². The predicted octanol–water partition coefficient (Wildman–Crippen LogP) is 1.15. The second kappa shape index (κ2) is 6.27. The maximum Gasteiger partial charge on any atom is 0.326 e. The van der Waals surface area contributed by atoms with Gasteiger partial charge in [0.25, 0.3) is 0 Å². The van der Waals surface area contributed by atoms with Gasteiger partial charge in [0.2, 0.25) is 0 Å². The molecule has 0 rings (SSSR count). The molecule has 0 saturated carbocycles. The molecule has 0 heterocycles. The number of aliphatic carboxylic acids is 1. The molecule has 0 saturated heterocycles. The summed E-state index contributed by atoms with van der Waals surface area (Å²) in [5.74, 6) is -0.630. The first-order chi connectivity index (χ1) is 6.88. The van der Waals surface area contributed by atoms with Crippen LogP contribution in [0.2, 0.25) is 0 Å². The molecule has 0 fully saturated rings. The van der Waals surface area contributed by atoms with Crippen LogP contribution in [0.25, 0.3) is 0 Å². The molecule has 0 aromatic rings. The van der Waals surface area contributed by atoms with Crippen molar-refractivity contribution in [1.82, 2.24) is 10.2 Å². The zero-order valence-corrected chi connectivity index (χ0v) is 9.78. The van der Waals surface area contributed by atoms with Crippen LogP contribution < -0.4 is 5.32 Å². The Hall–Kier alpha value is -1.26. The number of carbonyl (C=O) groups is 2. The van der Waals surface area contributed by atoms with Crippen molar-refractivity contribution in [3.05, 3.63) is 0 Å². The number of carbonyl (C=O) groups excluding carboxylic acids is 1. The number of nitrogens with one attached hydrogen (secondary N) is 1. The second-order valence-electron chi connectivity index (χ2n) is 4.02. The van der Waals surface area contributed by atoms with Gasteiger partial charge in [-0.25, -0.2) is 9.59 Å². The first kappa shape index (κ1) is 13.7. The molecule has 2 amide bonds. The van der Waals surface area contributed by atoms with E-state index in [9.17, 15) is 9.59 Å². The molecule has 0 radical (unpaired) electrons. The van der Waals surface area contributed by atoms with Gasteiger partial charge in [-0.2, -0.15) is 0 Å². The Labute approximate surface area is 90.5 Å². The number of hydrogen-bond donors (Lipinski definition) is 2. The first-order valence-corrected chi connectivity index (χ1v) is 5.12. The summed E-state index contributed by atoms with van der Waals surface area (Å²) in [7, 11) is 1.66. The average Bonchev–Trinajstić information content (AvgIpc) is 2.11. The highest BCUT2D eigenvalue weighted by atomic mass is 16.4. The Morgan fingerprint density at radius 3 is 2.27 bits per heavy atom. The summed E-state index contributed by atoms with van der Waals surface area (Å²) in [6, 6.07) is -1.13. The van der Waals surface area contributed by atoms with Gasteiger partial charge in [0.15, 0.2) is 0 Å². The third-order valence-electron chi connectivity index (χ3n) is 1.99. The quantitative estimate of drug-likeness (QED) is 0.724. The van der Waals surface area contributed by atoms with Crippen molar-refractivity contribution in [2.45, 2.75) is 33.2 Å². The van der Waals surface area contributed by atoms with Crippen LogP contribution in [0.15, 0.2) is 0 Å². The summed E-state index contributed by atoms with van der Waals surface area (Å²) < 4.78 is 0. The van der Waals surface area contributed by atoms with Crippen LogP contribution in [0.4, 0.5) is 4.79 Å². The minimum absolute atomic E-state index is 0.335. The first-order valence-electron chi connectivity index (χ1n) is 5.12. The number of carboxylic acid groups (broad SMARTS) is 1. The van der Waals surface area contributed by atoms with Crippen molar-refractivity contribution in [3.8, 4) is 0 Å². The van der Waals surface area contributed by atoms with Crippen molar-refractivity contribution in [2.75, 3.05) is 13.6 Å². The van der Waals surface area contributed by atoms with Gasteiger partial charge in [-0.3, -0.25) is 0 Å². The van der Waals surface area contributed by atoms with E-state index < -0.39 is 12.0 Å². The molecule has 0 bridgehead atoms. The van der Waals surface area contributed by atoms with Crippen LogP contribution in [0.3, 0.4) is 0 Å². The van der Waals surface area contributed by atoms with E-state index in [0.29, 0.717) is 18.9 Å². The lowest BCUT2D eigenvalue weighted by molar-refractivity contribution is -0.139. The molecule has 0 spiro atoms. The molecule has 2 N–H and O–H groups in total. The van der Waals surface area contributed by atoms with Crippen LogP contribution >= 0.6 is 0 Å². The molecule has 1 atom stereocenters. The van der Waals surface area contributed by atoms with Gasteiger partial charge >= 0.3 is 12.0 Å². The standard InChI is InChI=1S/C10H20N2O3/c1-5-8(9(13)14)11-10(15)12(4)6-7(2)3/h7-8H,5-6H2,1-4H3,(H,11,15)(H,13,14)/t8-/m0/s1. The Kier molecular flexibility index (Phi) is 5.74. The lowest BCUT2D eigenvalue weighted by atomic mass is 10.2. The number of amides is 2. The van der Waals surface area contributed by atoms with E-state index in [2.05, 4.69) is 5.32 Å². The van der Waals surface area contributed by atoms with Gasteiger partial charge in [0.1, 0.15) is 6.04 Å². The van der Waals surface area contributed by atoms with Crippen LogP contribution in [0.1, 0.15) is 27.2 Å². The summed E-state index contributed by atoms with van der Waals surface area (Å²) in [6.07, 6.45) is 0.386. The van der Waals surface area contributed by atoms with Crippen LogP contribution in [0, 0.1) is 5.92 Å². The second-order valence-corrected chi connectivity index (χ2v) is 4.02. The fourth-order valence-electron chi connectivity index (χ4n) is 1.23. The Bertz CT molecular complexity index is 229.